The standard InChI is InChI=1S/C43H25BN2/c1-3-15-30-26(11-1)27-12-2-4-16-31(27)40(30)25-23-38-41-39(24-25)46-37-22-8-6-14-29(37)33-18-10-20-35(43(33)46)44(41)34-19-9-17-32-28-13-5-7-21-36(28)45(38)42(32)34/h1-24,40H. The molecule has 0 fully saturated rings. The van der Waals surface area contributed by atoms with Crippen LogP contribution in [0.1, 0.15) is 22.6 Å². The smallest absolute Gasteiger partial charge is 0.252 e. The maximum Gasteiger partial charge on any atom is 0.252 e. The van der Waals surface area contributed by atoms with Crippen LogP contribution >= 0.6 is 0 Å². The van der Waals surface area contributed by atoms with E-state index in [1.165, 1.54) is 99.2 Å². The molecule has 9 aromatic rings. The van der Waals surface area contributed by atoms with Crippen molar-refractivity contribution in [1.82, 2.24) is 9.13 Å². The normalized spacial score (nSPS) is 14.0. The molecular weight excluding hydrogens is 555 g/mol. The first-order valence-electron chi connectivity index (χ1n) is 16.3. The molecule has 3 aliphatic rings. The van der Waals surface area contributed by atoms with Crippen LogP contribution in [-0.2, 0) is 0 Å². The van der Waals surface area contributed by atoms with Gasteiger partial charge in [-0.2, -0.15) is 0 Å². The molecule has 46 heavy (non-hydrogen) atoms. The summed E-state index contributed by atoms with van der Waals surface area (Å²) in [5.41, 5.74) is 18.9. The molecular formula is C43H25BN2. The first-order valence-corrected chi connectivity index (χ1v) is 16.3. The zero-order chi connectivity index (χ0) is 29.7. The van der Waals surface area contributed by atoms with Gasteiger partial charge >= 0.3 is 0 Å². The van der Waals surface area contributed by atoms with E-state index in [4.69, 9.17) is 0 Å². The van der Waals surface area contributed by atoms with E-state index in [1.807, 2.05) is 0 Å². The number of aromatic nitrogens is 2. The Hall–Kier alpha value is -5.80. The zero-order valence-electron chi connectivity index (χ0n) is 24.9. The quantitative estimate of drug-likeness (QED) is 0.173. The highest BCUT2D eigenvalue weighted by atomic mass is 15.0. The van der Waals surface area contributed by atoms with Gasteiger partial charge in [-0.05, 0) is 68.5 Å². The molecule has 4 heterocycles. The van der Waals surface area contributed by atoms with Crippen molar-refractivity contribution in [2.24, 2.45) is 0 Å². The molecule has 2 nitrogen and oxygen atoms in total. The molecule has 210 valence electrons. The van der Waals surface area contributed by atoms with Crippen LogP contribution in [0.15, 0.2) is 146 Å². The van der Waals surface area contributed by atoms with Crippen molar-refractivity contribution in [3.8, 4) is 22.5 Å². The monoisotopic (exact) mass is 580 g/mol. The Labute approximate surface area is 265 Å². The molecule has 12 rings (SSSR count). The Morgan fingerprint density at radius 3 is 1.43 bits per heavy atom. The molecule has 2 aliphatic heterocycles. The number of hydrogen-bond donors (Lipinski definition) is 0. The van der Waals surface area contributed by atoms with Crippen LogP contribution in [0.25, 0.3) is 66.1 Å². The molecule has 0 atom stereocenters. The van der Waals surface area contributed by atoms with Crippen molar-refractivity contribution < 1.29 is 0 Å². The molecule has 3 heteroatoms. The maximum absolute atomic E-state index is 2.59. The summed E-state index contributed by atoms with van der Waals surface area (Å²) in [5, 5.41) is 5.30. The lowest BCUT2D eigenvalue weighted by atomic mass is 9.34. The maximum atomic E-state index is 2.59. The van der Waals surface area contributed by atoms with E-state index in [0.29, 0.717) is 0 Å². The van der Waals surface area contributed by atoms with E-state index in [1.54, 1.807) is 0 Å². The predicted octanol–water partition coefficient (Wildman–Crippen LogP) is 8.18. The van der Waals surface area contributed by atoms with Crippen LogP contribution in [0, 0.1) is 0 Å². The van der Waals surface area contributed by atoms with Crippen LogP contribution in [0.5, 0.6) is 0 Å². The largest absolute Gasteiger partial charge is 0.310 e. The summed E-state index contributed by atoms with van der Waals surface area (Å²) >= 11 is 0. The Morgan fingerprint density at radius 2 is 0.891 bits per heavy atom. The summed E-state index contributed by atoms with van der Waals surface area (Å²) in [4.78, 5) is 0. The van der Waals surface area contributed by atoms with Crippen LogP contribution in [-0.4, -0.2) is 15.8 Å². The number of rotatable bonds is 1. The second-order valence-corrected chi connectivity index (χ2v) is 13.2. The second kappa shape index (κ2) is 8.07. The number of fused-ring (bicyclic) bond motifs is 13. The third-order valence-electron chi connectivity index (χ3n) is 11.2. The molecule has 0 N–H and O–H groups in total. The Morgan fingerprint density at radius 1 is 0.435 bits per heavy atom. The lowest BCUT2D eigenvalue weighted by molar-refractivity contribution is 0.999. The fourth-order valence-corrected chi connectivity index (χ4v) is 9.53. The Balaban J connectivity index is 1.31. The summed E-state index contributed by atoms with van der Waals surface area (Å²) < 4.78 is 5.17. The van der Waals surface area contributed by atoms with Crippen LogP contribution in [0.2, 0.25) is 0 Å². The summed E-state index contributed by atoms with van der Waals surface area (Å²) in [5.74, 6) is 0.163. The molecule has 7 aromatic carbocycles. The van der Waals surface area contributed by atoms with E-state index >= 15 is 0 Å². The van der Waals surface area contributed by atoms with E-state index in [-0.39, 0.29) is 12.6 Å². The van der Waals surface area contributed by atoms with Crippen LogP contribution < -0.4 is 16.4 Å². The summed E-state index contributed by atoms with van der Waals surface area (Å²) in [7, 11) is 0. The Bertz CT molecular complexity index is 2640. The third kappa shape index (κ3) is 2.62. The minimum absolute atomic E-state index is 0.156. The van der Waals surface area contributed by atoms with Gasteiger partial charge in [0.2, 0.25) is 0 Å². The molecule has 0 saturated carbocycles. The van der Waals surface area contributed by atoms with Gasteiger partial charge in [0.05, 0.1) is 11.0 Å². The van der Waals surface area contributed by atoms with Crippen molar-refractivity contribution in [2.75, 3.05) is 0 Å². The Kier molecular flexibility index (Phi) is 4.14. The van der Waals surface area contributed by atoms with Crippen molar-refractivity contribution in [3.05, 3.63) is 162 Å². The molecule has 0 bridgehead atoms. The van der Waals surface area contributed by atoms with Crippen molar-refractivity contribution in [2.45, 2.75) is 5.92 Å². The third-order valence-corrected chi connectivity index (χ3v) is 11.2. The minimum atomic E-state index is 0.156. The van der Waals surface area contributed by atoms with Gasteiger partial charge in [-0.15, -0.1) is 0 Å². The lowest BCUT2D eigenvalue weighted by Gasteiger charge is -2.34. The summed E-state index contributed by atoms with van der Waals surface area (Å²) in [6, 6.07) is 55.0. The van der Waals surface area contributed by atoms with Gasteiger partial charge in [0, 0.05) is 49.9 Å². The molecule has 2 aromatic heterocycles. The highest BCUT2D eigenvalue weighted by Crippen LogP contribution is 2.49. The minimum Gasteiger partial charge on any atom is -0.310 e. The van der Waals surface area contributed by atoms with Crippen molar-refractivity contribution >= 4 is 66.7 Å². The predicted molar refractivity (Wildman–Crippen MR) is 193 cm³/mol. The summed E-state index contributed by atoms with van der Waals surface area (Å²) in [6.07, 6.45) is 0. The fourth-order valence-electron chi connectivity index (χ4n) is 9.53. The van der Waals surface area contributed by atoms with Gasteiger partial charge in [-0.25, -0.2) is 0 Å². The van der Waals surface area contributed by atoms with Crippen LogP contribution in [0.4, 0.5) is 0 Å². The van der Waals surface area contributed by atoms with E-state index in [9.17, 15) is 0 Å². The summed E-state index contributed by atoms with van der Waals surface area (Å²) in [6.45, 7) is 0.156. The van der Waals surface area contributed by atoms with Crippen molar-refractivity contribution in [3.63, 3.8) is 0 Å². The molecule has 0 unspecified atom stereocenters. The van der Waals surface area contributed by atoms with Crippen LogP contribution in [0.3, 0.4) is 0 Å². The first kappa shape index (κ1) is 23.6. The highest BCUT2D eigenvalue weighted by Gasteiger charge is 2.42. The number of para-hydroxylation sites is 4. The molecule has 0 amide bonds. The molecule has 0 radical (unpaired) electrons. The zero-order valence-corrected chi connectivity index (χ0v) is 24.9. The van der Waals surface area contributed by atoms with Gasteiger partial charge in [-0.3, -0.25) is 0 Å². The number of benzene rings is 7. The average Bonchev–Trinajstić information content (AvgIpc) is 3.76. The van der Waals surface area contributed by atoms with Gasteiger partial charge < -0.3 is 9.13 Å². The van der Waals surface area contributed by atoms with Gasteiger partial charge in [0.25, 0.3) is 6.71 Å². The lowest BCUT2D eigenvalue weighted by Crippen LogP contribution is -2.59. The molecule has 0 saturated heterocycles. The van der Waals surface area contributed by atoms with E-state index in [0.717, 1.165) is 0 Å². The number of nitrogens with zero attached hydrogens (tertiary/aromatic N) is 2. The van der Waals surface area contributed by atoms with Gasteiger partial charge in [0.1, 0.15) is 0 Å². The number of hydrogen-bond acceptors (Lipinski definition) is 0. The first-order chi connectivity index (χ1) is 22.9. The molecule has 0 spiro atoms. The average molecular weight is 580 g/mol. The molecule has 1 aliphatic carbocycles. The highest BCUT2D eigenvalue weighted by molar-refractivity contribution is 7.00. The second-order valence-electron chi connectivity index (χ2n) is 13.2. The van der Waals surface area contributed by atoms with Gasteiger partial charge in [-0.1, -0.05) is 121 Å². The van der Waals surface area contributed by atoms with Crippen molar-refractivity contribution in [1.29, 1.82) is 0 Å². The van der Waals surface area contributed by atoms with E-state index < -0.39 is 0 Å². The van der Waals surface area contributed by atoms with E-state index in [2.05, 4.69) is 155 Å². The topological polar surface area (TPSA) is 9.86 Å². The van der Waals surface area contributed by atoms with Gasteiger partial charge in [0.15, 0.2) is 0 Å². The fraction of sp³-hybridized carbons (Fsp3) is 0.0233. The SMILES string of the molecule is c1ccc2c(c1)-c1ccccc1C2c1cc2c3c(c1)-n1c4ccccc4c4cccc(c41)B3c1cccc3c4ccccc4n-2c13.